The van der Waals surface area contributed by atoms with E-state index in [9.17, 15) is 4.79 Å². The molecule has 0 radical (unpaired) electrons. The number of H-pyrrole nitrogens is 1. The van der Waals surface area contributed by atoms with Crippen LogP contribution in [0.2, 0.25) is 0 Å². The average molecular weight is 216 g/mol. The summed E-state index contributed by atoms with van der Waals surface area (Å²) < 4.78 is 0. The van der Waals surface area contributed by atoms with E-state index in [-0.39, 0.29) is 0 Å². The lowest BCUT2D eigenvalue weighted by Crippen LogP contribution is -1.97. The number of benzene rings is 1. The van der Waals surface area contributed by atoms with Crippen molar-refractivity contribution in [2.45, 2.75) is 32.6 Å². The molecule has 0 fully saturated rings. The van der Waals surface area contributed by atoms with Gasteiger partial charge < -0.3 is 4.98 Å². The molecule has 0 unspecified atom stereocenters. The first kappa shape index (κ1) is 10.9. The van der Waals surface area contributed by atoms with Gasteiger partial charge in [-0.1, -0.05) is 13.8 Å². The van der Waals surface area contributed by atoms with E-state index < -0.39 is 0 Å². The lowest BCUT2D eigenvalue weighted by atomic mass is 10.0. The Hall–Kier alpha value is -1.64. The number of aldehydes is 1. The van der Waals surface area contributed by atoms with Crippen molar-refractivity contribution in [1.29, 1.82) is 0 Å². The summed E-state index contributed by atoms with van der Waals surface area (Å²) >= 11 is 0. The van der Waals surface area contributed by atoms with Gasteiger partial charge >= 0.3 is 0 Å². The predicted molar refractivity (Wildman–Crippen MR) is 64.8 cm³/mol. The van der Waals surface area contributed by atoms with Gasteiger partial charge in [-0.15, -0.1) is 0 Å². The van der Waals surface area contributed by atoms with Gasteiger partial charge in [0.05, 0.1) is 11.0 Å². The summed E-state index contributed by atoms with van der Waals surface area (Å²) in [6, 6.07) is 5.54. The highest BCUT2D eigenvalue weighted by molar-refractivity contribution is 5.84. The highest BCUT2D eigenvalue weighted by atomic mass is 16.1. The number of imidazole rings is 1. The lowest BCUT2D eigenvalue weighted by Gasteiger charge is -2.07. The molecule has 1 aromatic carbocycles. The molecule has 0 aliphatic heterocycles. The van der Waals surface area contributed by atoms with Crippen molar-refractivity contribution in [3.8, 4) is 0 Å². The second-order valence-corrected chi connectivity index (χ2v) is 4.03. The van der Waals surface area contributed by atoms with Gasteiger partial charge in [-0.05, 0) is 31.0 Å². The average Bonchev–Trinajstić information content (AvgIpc) is 2.72. The van der Waals surface area contributed by atoms with E-state index in [0.29, 0.717) is 11.5 Å². The summed E-state index contributed by atoms with van der Waals surface area (Å²) in [5, 5.41) is 0. The number of nitrogens with zero attached hydrogens (tertiary/aromatic N) is 1. The van der Waals surface area contributed by atoms with Crippen LogP contribution < -0.4 is 0 Å². The maximum Gasteiger partial charge on any atom is 0.150 e. The third-order valence-corrected chi connectivity index (χ3v) is 3.03. The van der Waals surface area contributed by atoms with Crippen molar-refractivity contribution in [1.82, 2.24) is 9.97 Å². The summed E-state index contributed by atoms with van der Waals surface area (Å²) in [5.74, 6) is 1.51. The zero-order chi connectivity index (χ0) is 11.5. The Morgan fingerprint density at radius 2 is 2.12 bits per heavy atom. The Morgan fingerprint density at radius 3 is 2.75 bits per heavy atom. The molecule has 0 saturated carbocycles. The van der Waals surface area contributed by atoms with E-state index in [1.165, 1.54) is 0 Å². The second-order valence-electron chi connectivity index (χ2n) is 4.03. The van der Waals surface area contributed by atoms with E-state index in [2.05, 4.69) is 23.8 Å². The predicted octanol–water partition coefficient (Wildman–Crippen LogP) is 3.28. The molecule has 0 spiro atoms. The number of aromatic amines is 1. The number of fused-ring (bicyclic) bond motifs is 1. The van der Waals surface area contributed by atoms with Gasteiger partial charge in [0.2, 0.25) is 0 Å². The molecule has 1 aromatic heterocycles. The SMILES string of the molecule is CCC(CC)c1nc2ccc(C=O)cc2[nH]1. The number of carbonyl (C=O) groups is 1. The third kappa shape index (κ3) is 1.85. The van der Waals surface area contributed by atoms with Gasteiger partial charge in [-0.3, -0.25) is 4.79 Å². The molecule has 2 rings (SSSR count). The molecular weight excluding hydrogens is 200 g/mol. The minimum absolute atomic E-state index is 0.479. The van der Waals surface area contributed by atoms with Crippen LogP contribution >= 0.6 is 0 Å². The van der Waals surface area contributed by atoms with Crippen LogP contribution in [0.5, 0.6) is 0 Å². The molecule has 1 heterocycles. The molecule has 3 heteroatoms. The fourth-order valence-electron chi connectivity index (χ4n) is 1.99. The van der Waals surface area contributed by atoms with E-state index in [4.69, 9.17) is 0 Å². The number of nitrogens with one attached hydrogen (secondary N) is 1. The van der Waals surface area contributed by atoms with Gasteiger partial charge in [-0.25, -0.2) is 4.98 Å². The Kier molecular flexibility index (Phi) is 3.04. The first-order chi connectivity index (χ1) is 7.78. The highest BCUT2D eigenvalue weighted by Gasteiger charge is 2.11. The molecule has 2 aromatic rings. The van der Waals surface area contributed by atoms with E-state index in [0.717, 1.165) is 36.0 Å². The quantitative estimate of drug-likeness (QED) is 0.797. The monoisotopic (exact) mass is 216 g/mol. The fourth-order valence-corrected chi connectivity index (χ4v) is 1.99. The molecule has 0 aliphatic rings. The maximum absolute atomic E-state index is 10.7. The third-order valence-electron chi connectivity index (χ3n) is 3.03. The van der Waals surface area contributed by atoms with Crippen LogP contribution in [0.1, 0.15) is 48.8 Å². The zero-order valence-electron chi connectivity index (χ0n) is 9.66. The number of carbonyl (C=O) groups excluding carboxylic acids is 1. The maximum atomic E-state index is 10.7. The van der Waals surface area contributed by atoms with Crippen molar-refractivity contribution in [3.05, 3.63) is 29.6 Å². The Morgan fingerprint density at radius 1 is 1.38 bits per heavy atom. The number of rotatable bonds is 4. The first-order valence-corrected chi connectivity index (χ1v) is 5.73. The topological polar surface area (TPSA) is 45.8 Å². The van der Waals surface area contributed by atoms with Crippen molar-refractivity contribution >= 4 is 17.3 Å². The summed E-state index contributed by atoms with van der Waals surface area (Å²) in [6.07, 6.45) is 3.02. The molecule has 0 amide bonds. The van der Waals surface area contributed by atoms with Gasteiger partial charge in [0.1, 0.15) is 12.1 Å². The highest BCUT2D eigenvalue weighted by Crippen LogP contribution is 2.23. The lowest BCUT2D eigenvalue weighted by molar-refractivity contribution is 0.112. The van der Waals surface area contributed by atoms with E-state index >= 15 is 0 Å². The molecule has 84 valence electrons. The van der Waals surface area contributed by atoms with Crippen molar-refractivity contribution in [3.63, 3.8) is 0 Å². The Labute approximate surface area is 94.9 Å². The molecular formula is C13H16N2O. The van der Waals surface area contributed by atoms with Crippen molar-refractivity contribution in [2.75, 3.05) is 0 Å². The fraction of sp³-hybridized carbons (Fsp3) is 0.385. The second kappa shape index (κ2) is 4.47. The van der Waals surface area contributed by atoms with Crippen LogP contribution in [0.15, 0.2) is 18.2 Å². The first-order valence-electron chi connectivity index (χ1n) is 5.73. The van der Waals surface area contributed by atoms with Crippen LogP contribution in [-0.4, -0.2) is 16.3 Å². The van der Waals surface area contributed by atoms with Gasteiger partial charge in [0.25, 0.3) is 0 Å². The van der Waals surface area contributed by atoms with E-state index in [1.54, 1.807) is 6.07 Å². The van der Waals surface area contributed by atoms with Gasteiger partial charge in [0.15, 0.2) is 0 Å². The Bertz CT molecular complexity index is 498. The van der Waals surface area contributed by atoms with Crippen LogP contribution in [-0.2, 0) is 0 Å². The Balaban J connectivity index is 2.46. The van der Waals surface area contributed by atoms with Gasteiger partial charge in [0, 0.05) is 11.5 Å². The van der Waals surface area contributed by atoms with Gasteiger partial charge in [-0.2, -0.15) is 0 Å². The summed E-state index contributed by atoms with van der Waals surface area (Å²) in [6.45, 7) is 4.33. The smallest absolute Gasteiger partial charge is 0.150 e. The summed E-state index contributed by atoms with van der Waals surface area (Å²) in [7, 11) is 0. The summed E-state index contributed by atoms with van der Waals surface area (Å²) in [5.41, 5.74) is 2.58. The van der Waals surface area contributed by atoms with Crippen LogP contribution in [0.25, 0.3) is 11.0 Å². The van der Waals surface area contributed by atoms with Crippen LogP contribution in [0.3, 0.4) is 0 Å². The molecule has 0 bridgehead atoms. The molecule has 3 nitrogen and oxygen atoms in total. The molecule has 1 N–H and O–H groups in total. The van der Waals surface area contributed by atoms with Crippen LogP contribution in [0, 0.1) is 0 Å². The van der Waals surface area contributed by atoms with Crippen molar-refractivity contribution in [2.24, 2.45) is 0 Å². The summed E-state index contributed by atoms with van der Waals surface area (Å²) in [4.78, 5) is 18.5. The molecule has 0 atom stereocenters. The molecule has 0 saturated heterocycles. The molecule has 0 aliphatic carbocycles. The normalized spacial score (nSPS) is 11.2. The minimum atomic E-state index is 0.479. The number of aromatic nitrogens is 2. The minimum Gasteiger partial charge on any atom is -0.342 e. The van der Waals surface area contributed by atoms with E-state index in [1.807, 2.05) is 12.1 Å². The largest absolute Gasteiger partial charge is 0.342 e. The number of hydrogen-bond acceptors (Lipinski definition) is 2. The van der Waals surface area contributed by atoms with Crippen LogP contribution in [0.4, 0.5) is 0 Å². The zero-order valence-corrected chi connectivity index (χ0v) is 9.66. The standard InChI is InChI=1S/C13H16N2O/c1-3-10(4-2)13-14-11-6-5-9(8-16)7-12(11)15-13/h5-8,10H,3-4H2,1-2H3,(H,14,15). The number of hydrogen-bond donors (Lipinski definition) is 1. The molecule has 16 heavy (non-hydrogen) atoms. The van der Waals surface area contributed by atoms with Crippen molar-refractivity contribution < 1.29 is 4.79 Å².